The SMILES string of the molecule is CCCN1Cc2c(S(=O)(=O)Cl)cn(SI)c2C1=O. The van der Waals surface area contributed by atoms with Gasteiger partial charge < -0.3 is 4.90 Å². The second-order valence-corrected chi connectivity index (χ2v) is 8.13. The van der Waals surface area contributed by atoms with Crippen molar-refractivity contribution in [1.29, 1.82) is 0 Å². The Morgan fingerprint density at radius 1 is 1.56 bits per heavy atom. The van der Waals surface area contributed by atoms with Gasteiger partial charge in [-0.2, -0.15) is 0 Å². The summed E-state index contributed by atoms with van der Waals surface area (Å²) in [6.07, 6.45) is 2.24. The van der Waals surface area contributed by atoms with Crippen LogP contribution in [0.4, 0.5) is 0 Å². The van der Waals surface area contributed by atoms with Crippen LogP contribution in [0.1, 0.15) is 29.4 Å². The topological polar surface area (TPSA) is 59.4 Å². The second-order valence-electron chi connectivity index (χ2n) is 3.88. The van der Waals surface area contributed by atoms with E-state index in [0.717, 1.165) is 6.42 Å². The second kappa shape index (κ2) is 5.22. The molecule has 0 saturated carbocycles. The van der Waals surface area contributed by atoms with Crippen LogP contribution in [0.15, 0.2) is 11.1 Å². The van der Waals surface area contributed by atoms with Gasteiger partial charge >= 0.3 is 0 Å². The van der Waals surface area contributed by atoms with Crippen LogP contribution in [0.25, 0.3) is 0 Å². The predicted molar refractivity (Wildman–Crippen MR) is 79.5 cm³/mol. The maximum Gasteiger partial charge on any atom is 0.272 e. The Labute approximate surface area is 126 Å². The summed E-state index contributed by atoms with van der Waals surface area (Å²) in [6, 6.07) is 0. The number of hydrogen-bond acceptors (Lipinski definition) is 4. The molecule has 5 nitrogen and oxygen atoms in total. The molecule has 0 aliphatic carbocycles. The van der Waals surface area contributed by atoms with E-state index in [1.807, 2.05) is 28.1 Å². The van der Waals surface area contributed by atoms with E-state index >= 15 is 0 Å². The van der Waals surface area contributed by atoms with E-state index in [4.69, 9.17) is 10.7 Å². The van der Waals surface area contributed by atoms with Crippen LogP contribution < -0.4 is 0 Å². The lowest BCUT2D eigenvalue weighted by Crippen LogP contribution is -2.25. The van der Waals surface area contributed by atoms with Gasteiger partial charge in [0.1, 0.15) is 10.6 Å². The molecule has 0 N–H and O–H groups in total. The number of aromatic nitrogens is 1. The molecule has 2 heterocycles. The lowest BCUT2D eigenvalue weighted by Gasteiger charge is -2.14. The van der Waals surface area contributed by atoms with E-state index in [1.54, 1.807) is 8.87 Å². The summed E-state index contributed by atoms with van der Waals surface area (Å²) in [7, 11) is 2.83. The van der Waals surface area contributed by atoms with E-state index in [0.29, 0.717) is 24.3 Å². The van der Waals surface area contributed by atoms with Crippen LogP contribution in [0.5, 0.6) is 0 Å². The standard InChI is InChI=1S/C9H10ClIN2O3S2/c1-2-3-12-4-6-7(18(10,15)16)5-13(17-11)8(6)9(12)14/h5H,2-4H2,1H3. The van der Waals surface area contributed by atoms with E-state index in [2.05, 4.69) is 0 Å². The molecule has 0 saturated heterocycles. The quantitative estimate of drug-likeness (QED) is 0.555. The van der Waals surface area contributed by atoms with Gasteiger partial charge in [0, 0.05) is 65.9 Å². The number of rotatable bonds is 4. The van der Waals surface area contributed by atoms with Gasteiger partial charge in [-0.1, -0.05) is 6.92 Å². The van der Waals surface area contributed by atoms with Crippen molar-refractivity contribution in [2.45, 2.75) is 24.8 Å². The van der Waals surface area contributed by atoms with Crippen LogP contribution in [-0.4, -0.2) is 29.7 Å². The van der Waals surface area contributed by atoms with Gasteiger partial charge in [0.05, 0.1) is 0 Å². The molecule has 2 rings (SSSR count). The minimum absolute atomic E-state index is 0.0373. The molecule has 0 radical (unpaired) electrons. The van der Waals surface area contributed by atoms with Crippen molar-refractivity contribution in [3.05, 3.63) is 17.5 Å². The van der Waals surface area contributed by atoms with Gasteiger partial charge in [0.2, 0.25) is 0 Å². The number of fused-ring (bicyclic) bond motifs is 1. The van der Waals surface area contributed by atoms with Crippen LogP contribution >= 0.6 is 41.0 Å². The Bertz CT molecular complexity index is 599. The largest absolute Gasteiger partial charge is 0.333 e. The molecule has 1 aromatic heterocycles. The van der Waals surface area contributed by atoms with Crippen molar-refractivity contribution in [3.8, 4) is 0 Å². The molecule has 0 atom stereocenters. The zero-order valence-corrected chi connectivity index (χ0v) is 13.9. The first-order valence-corrected chi connectivity index (χ1v) is 10.8. The molecule has 9 heteroatoms. The van der Waals surface area contributed by atoms with E-state index in [9.17, 15) is 13.2 Å². The Hall–Kier alpha value is 0.0700. The molecule has 0 unspecified atom stereocenters. The Balaban J connectivity index is 2.55. The van der Waals surface area contributed by atoms with Crippen molar-refractivity contribution < 1.29 is 13.2 Å². The minimum atomic E-state index is -3.82. The highest BCUT2D eigenvalue weighted by molar-refractivity contribution is 14.2. The molecule has 1 aromatic rings. The zero-order chi connectivity index (χ0) is 13.5. The summed E-state index contributed by atoms with van der Waals surface area (Å²) in [5, 5.41) is 0. The smallest absolute Gasteiger partial charge is 0.272 e. The predicted octanol–water partition coefficient (Wildman–Crippen LogP) is 2.63. The number of halogens is 2. The summed E-state index contributed by atoms with van der Waals surface area (Å²) < 4.78 is 24.6. The maximum absolute atomic E-state index is 12.2. The average molecular weight is 421 g/mol. The van der Waals surface area contributed by atoms with Crippen LogP contribution in [-0.2, 0) is 15.6 Å². The van der Waals surface area contributed by atoms with E-state index in [-0.39, 0.29) is 10.8 Å². The normalized spacial score (nSPS) is 15.3. The summed E-state index contributed by atoms with van der Waals surface area (Å²) in [5.74, 6) is -0.136. The monoisotopic (exact) mass is 420 g/mol. The van der Waals surface area contributed by atoms with Crippen molar-refractivity contribution in [1.82, 2.24) is 8.87 Å². The molecule has 1 aliphatic heterocycles. The Kier molecular flexibility index (Phi) is 4.20. The minimum Gasteiger partial charge on any atom is -0.333 e. The summed E-state index contributed by atoms with van der Waals surface area (Å²) >= 11 is 2.00. The molecule has 1 aliphatic rings. The number of carbonyl (C=O) groups excluding carboxylic acids is 1. The van der Waals surface area contributed by atoms with Crippen molar-refractivity contribution in [3.63, 3.8) is 0 Å². The Morgan fingerprint density at radius 3 is 2.72 bits per heavy atom. The number of hydrogen-bond donors (Lipinski definition) is 0. The van der Waals surface area contributed by atoms with Crippen molar-refractivity contribution in [2.75, 3.05) is 6.54 Å². The number of amides is 1. The third kappa shape index (κ3) is 2.39. The fourth-order valence-corrected chi connectivity index (χ4v) is 4.49. The van der Waals surface area contributed by atoms with Crippen LogP contribution in [0, 0.1) is 0 Å². The van der Waals surface area contributed by atoms with E-state index in [1.165, 1.54) is 15.3 Å². The highest BCUT2D eigenvalue weighted by Crippen LogP contribution is 2.36. The maximum atomic E-state index is 12.2. The van der Waals surface area contributed by atoms with Gasteiger partial charge in [-0.15, -0.1) is 0 Å². The molecule has 0 spiro atoms. The lowest BCUT2D eigenvalue weighted by atomic mass is 10.3. The molecule has 18 heavy (non-hydrogen) atoms. The third-order valence-corrected chi connectivity index (χ3v) is 5.79. The number of carbonyl (C=O) groups is 1. The van der Waals surface area contributed by atoms with Crippen molar-refractivity contribution in [2.24, 2.45) is 0 Å². The molecule has 100 valence electrons. The molecule has 0 bridgehead atoms. The molecule has 1 amide bonds. The summed E-state index contributed by atoms with van der Waals surface area (Å²) in [4.78, 5) is 13.8. The molecular weight excluding hydrogens is 411 g/mol. The summed E-state index contributed by atoms with van der Waals surface area (Å²) in [6.45, 7) is 2.89. The van der Waals surface area contributed by atoms with Crippen molar-refractivity contribution >= 4 is 56.0 Å². The first-order valence-electron chi connectivity index (χ1n) is 5.17. The molecular formula is C9H10ClIN2O3S2. The number of nitrogens with zero attached hydrogens (tertiary/aromatic N) is 2. The highest BCUT2D eigenvalue weighted by atomic mass is 127. The van der Waals surface area contributed by atoms with Crippen LogP contribution in [0.3, 0.4) is 0 Å². The summed E-state index contributed by atoms with van der Waals surface area (Å²) in [5.41, 5.74) is 0.926. The van der Waals surface area contributed by atoms with Gasteiger partial charge in [-0.05, 0) is 6.42 Å². The lowest BCUT2D eigenvalue weighted by molar-refractivity contribution is 0.0772. The van der Waals surface area contributed by atoms with E-state index < -0.39 is 9.05 Å². The highest BCUT2D eigenvalue weighted by Gasteiger charge is 2.36. The third-order valence-electron chi connectivity index (χ3n) is 2.71. The molecule has 0 fully saturated rings. The first kappa shape index (κ1) is 14.5. The molecule has 0 aromatic carbocycles. The van der Waals surface area contributed by atoms with Gasteiger partial charge in [-0.3, -0.25) is 8.77 Å². The average Bonchev–Trinajstić information content (AvgIpc) is 2.78. The Morgan fingerprint density at radius 2 is 2.22 bits per heavy atom. The van der Waals surface area contributed by atoms with Gasteiger partial charge in [0.15, 0.2) is 0 Å². The fourth-order valence-electron chi connectivity index (χ4n) is 2.00. The van der Waals surface area contributed by atoms with Gasteiger partial charge in [0.25, 0.3) is 15.0 Å². The van der Waals surface area contributed by atoms with Gasteiger partial charge in [-0.25, -0.2) is 8.42 Å². The first-order chi connectivity index (χ1) is 8.40. The van der Waals surface area contributed by atoms with Crippen LogP contribution in [0.2, 0.25) is 0 Å². The zero-order valence-electron chi connectivity index (χ0n) is 9.39. The fraction of sp³-hybridized carbons (Fsp3) is 0.444.